The molecule has 1 aromatic heterocycles. The van der Waals surface area contributed by atoms with Crippen LogP contribution >= 0.6 is 43.2 Å². The Morgan fingerprint density at radius 3 is 2.76 bits per heavy atom. The number of carbonyl (C=O) groups excluding carboxylic acids is 2. The maximum Gasteiger partial charge on any atom is 0.349 e. The molecule has 25 heavy (non-hydrogen) atoms. The number of hydrogen-bond acceptors (Lipinski definition) is 6. The van der Waals surface area contributed by atoms with Gasteiger partial charge in [0.05, 0.1) is 3.79 Å². The molecule has 0 saturated carbocycles. The van der Waals surface area contributed by atoms with Crippen molar-refractivity contribution in [3.05, 3.63) is 43.0 Å². The quantitative estimate of drug-likeness (QED) is 0.644. The molecule has 0 aliphatic carbocycles. The highest BCUT2D eigenvalue weighted by Crippen LogP contribution is 2.33. The number of ether oxygens (including phenoxy) is 3. The summed E-state index contributed by atoms with van der Waals surface area (Å²) in [4.78, 5) is 24.6. The van der Waals surface area contributed by atoms with Crippen LogP contribution < -0.4 is 14.8 Å². The monoisotopic (exact) mass is 489 g/mol. The van der Waals surface area contributed by atoms with E-state index in [4.69, 9.17) is 14.2 Å². The molecule has 0 spiro atoms. The second-order valence-electron chi connectivity index (χ2n) is 5.19. The summed E-state index contributed by atoms with van der Waals surface area (Å²) in [6.45, 7) is 2.03. The normalized spacial score (nSPS) is 13.4. The second-order valence-corrected chi connectivity index (χ2v) is 8.41. The summed E-state index contributed by atoms with van der Waals surface area (Å²) in [5.74, 6) is 0.425. The average Bonchev–Trinajstić information content (AvgIpc) is 3.18. The van der Waals surface area contributed by atoms with Crippen LogP contribution in [-0.4, -0.2) is 24.8 Å². The number of halogens is 2. The number of thiophene rings is 1. The first-order valence-electron chi connectivity index (χ1n) is 7.26. The third-order valence-electron chi connectivity index (χ3n) is 3.40. The van der Waals surface area contributed by atoms with Gasteiger partial charge in [-0.05, 0) is 62.5 Å². The van der Waals surface area contributed by atoms with Crippen LogP contribution in [0.4, 0.5) is 0 Å². The molecule has 2 heterocycles. The molecule has 1 aromatic carbocycles. The Labute approximate surface area is 164 Å². The number of esters is 1. The van der Waals surface area contributed by atoms with Crippen molar-refractivity contribution in [1.29, 1.82) is 0 Å². The fraction of sp³-hybridized carbons (Fsp3) is 0.250. The molecule has 1 atom stereocenters. The van der Waals surface area contributed by atoms with Gasteiger partial charge in [-0.15, -0.1) is 11.3 Å². The van der Waals surface area contributed by atoms with Crippen LogP contribution in [0.5, 0.6) is 11.5 Å². The summed E-state index contributed by atoms with van der Waals surface area (Å²) in [5, 5.41) is 2.74. The lowest BCUT2D eigenvalue weighted by molar-refractivity contribution is -0.129. The van der Waals surface area contributed by atoms with E-state index in [2.05, 4.69) is 37.2 Å². The topological polar surface area (TPSA) is 73.9 Å². The molecule has 0 radical (unpaired) electrons. The van der Waals surface area contributed by atoms with Crippen molar-refractivity contribution in [3.63, 3.8) is 0 Å². The van der Waals surface area contributed by atoms with Gasteiger partial charge in [-0.2, -0.15) is 0 Å². The Balaban J connectivity index is 1.53. The molecule has 1 aliphatic heterocycles. The van der Waals surface area contributed by atoms with E-state index in [1.54, 1.807) is 18.2 Å². The summed E-state index contributed by atoms with van der Waals surface area (Å²) < 4.78 is 17.3. The number of rotatable bonds is 5. The summed E-state index contributed by atoms with van der Waals surface area (Å²) in [5.41, 5.74) is 0.863. The van der Waals surface area contributed by atoms with Crippen molar-refractivity contribution in [3.8, 4) is 11.5 Å². The van der Waals surface area contributed by atoms with E-state index in [9.17, 15) is 9.59 Å². The van der Waals surface area contributed by atoms with Gasteiger partial charge in [0.1, 0.15) is 4.88 Å². The number of hydrogen-bond donors (Lipinski definition) is 1. The smallest absolute Gasteiger partial charge is 0.349 e. The van der Waals surface area contributed by atoms with Gasteiger partial charge in [0.2, 0.25) is 6.79 Å². The van der Waals surface area contributed by atoms with E-state index < -0.39 is 12.1 Å². The Morgan fingerprint density at radius 2 is 2.04 bits per heavy atom. The first-order chi connectivity index (χ1) is 11.9. The third kappa shape index (κ3) is 4.34. The van der Waals surface area contributed by atoms with Crippen LogP contribution in [-0.2, 0) is 16.1 Å². The van der Waals surface area contributed by atoms with Gasteiger partial charge in [0, 0.05) is 11.0 Å². The molecule has 1 N–H and O–H groups in total. The van der Waals surface area contributed by atoms with Gasteiger partial charge in [0.15, 0.2) is 17.6 Å². The zero-order chi connectivity index (χ0) is 18.0. The van der Waals surface area contributed by atoms with Crippen LogP contribution in [0.3, 0.4) is 0 Å². The Morgan fingerprint density at radius 1 is 1.28 bits per heavy atom. The maximum atomic E-state index is 12.1. The minimum absolute atomic E-state index is 0.201. The lowest BCUT2D eigenvalue weighted by Gasteiger charge is -2.13. The number of benzene rings is 1. The predicted octanol–water partition coefficient (Wildman–Crippen LogP) is 3.86. The van der Waals surface area contributed by atoms with Gasteiger partial charge < -0.3 is 19.5 Å². The van der Waals surface area contributed by atoms with Crippen LogP contribution in [0.1, 0.15) is 22.2 Å². The van der Waals surface area contributed by atoms with Gasteiger partial charge in [-0.25, -0.2) is 4.79 Å². The Bertz CT molecular complexity index is 803. The predicted molar refractivity (Wildman–Crippen MR) is 99.0 cm³/mol. The van der Waals surface area contributed by atoms with Crippen molar-refractivity contribution < 1.29 is 23.8 Å². The van der Waals surface area contributed by atoms with E-state index in [0.29, 0.717) is 22.9 Å². The van der Waals surface area contributed by atoms with Crippen LogP contribution in [0.2, 0.25) is 0 Å². The zero-order valence-electron chi connectivity index (χ0n) is 13.0. The van der Waals surface area contributed by atoms with Crippen molar-refractivity contribution in [1.82, 2.24) is 5.32 Å². The summed E-state index contributed by atoms with van der Waals surface area (Å²) in [6, 6.07) is 7.08. The van der Waals surface area contributed by atoms with Gasteiger partial charge >= 0.3 is 5.97 Å². The van der Waals surface area contributed by atoms with Crippen molar-refractivity contribution in [2.75, 3.05) is 6.79 Å². The fourth-order valence-electron chi connectivity index (χ4n) is 2.10. The fourth-order valence-corrected chi connectivity index (χ4v) is 4.02. The first-order valence-corrected chi connectivity index (χ1v) is 9.66. The summed E-state index contributed by atoms with van der Waals surface area (Å²) >= 11 is 7.86. The molecule has 6 nitrogen and oxygen atoms in total. The van der Waals surface area contributed by atoms with E-state index in [0.717, 1.165) is 13.8 Å². The second kappa shape index (κ2) is 7.76. The summed E-state index contributed by atoms with van der Waals surface area (Å²) in [6.07, 6.45) is -0.902. The number of nitrogens with one attached hydrogen (secondary N) is 1. The molecule has 132 valence electrons. The summed E-state index contributed by atoms with van der Waals surface area (Å²) in [7, 11) is 0. The molecule has 0 unspecified atom stereocenters. The molecular weight excluding hydrogens is 478 g/mol. The maximum absolute atomic E-state index is 12.1. The van der Waals surface area contributed by atoms with Crippen LogP contribution in [0, 0.1) is 0 Å². The number of carbonyl (C=O) groups is 2. The SMILES string of the molecule is C[C@@H](OC(=O)c1cc(Br)c(Br)s1)C(=O)NCc1ccc2c(c1)OCO2. The Hall–Kier alpha value is -1.58. The molecule has 0 saturated heterocycles. The lowest BCUT2D eigenvalue weighted by Crippen LogP contribution is -2.35. The molecule has 1 amide bonds. The standard InChI is InChI=1S/C16H13Br2NO5S/c1-8(24-16(21)13-5-10(17)14(18)25-13)15(20)19-6-9-2-3-11-12(4-9)23-7-22-11/h2-5,8H,6-7H2,1H3,(H,19,20)/t8-/m1/s1. The van der Waals surface area contributed by atoms with Gasteiger partial charge in [-0.3, -0.25) is 4.79 Å². The molecule has 9 heteroatoms. The van der Waals surface area contributed by atoms with E-state index >= 15 is 0 Å². The van der Waals surface area contributed by atoms with E-state index in [1.165, 1.54) is 18.3 Å². The molecular formula is C16H13Br2NO5S. The van der Waals surface area contributed by atoms with Gasteiger partial charge in [-0.1, -0.05) is 6.07 Å². The van der Waals surface area contributed by atoms with E-state index in [-0.39, 0.29) is 12.7 Å². The number of amides is 1. The lowest BCUT2D eigenvalue weighted by atomic mass is 10.2. The number of fused-ring (bicyclic) bond motifs is 1. The van der Waals surface area contributed by atoms with Crippen molar-refractivity contribution in [2.24, 2.45) is 0 Å². The van der Waals surface area contributed by atoms with E-state index in [1.807, 2.05) is 6.07 Å². The van der Waals surface area contributed by atoms with Crippen molar-refractivity contribution >= 4 is 55.1 Å². The minimum Gasteiger partial charge on any atom is -0.454 e. The first kappa shape index (κ1) is 18.2. The third-order valence-corrected chi connectivity index (χ3v) is 6.64. The molecule has 0 fully saturated rings. The molecule has 0 bridgehead atoms. The Kier molecular flexibility index (Phi) is 5.65. The van der Waals surface area contributed by atoms with Crippen LogP contribution in [0.15, 0.2) is 32.5 Å². The highest BCUT2D eigenvalue weighted by atomic mass is 79.9. The molecule has 1 aliphatic rings. The molecule has 2 aromatic rings. The average molecular weight is 491 g/mol. The van der Waals surface area contributed by atoms with Crippen molar-refractivity contribution in [2.45, 2.75) is 19.6 Å². The molecule has 3 rings (SSSR count). The van der Waals surface area contributed by atoms with Crippen LogP contribution in [0.25, 0.3) is 0 Å². The highest BCUT2D eigenvalue weighted by molar-refractivity contribution is 9.13. The largest absolute Gasteiger partial charge is 0.454 e. The highest BCUT2D eigenvalue weighted by Gasteiger charge is 2.21. The zero-order valence-corrected chi connectivity index (χ0v) is 17.0. The van der Waals surface area contributed by atoms with Gasteiger partial charge in [0.25, 0.3) is 5.91 Å². The minimum atomic E-state index is -0.902.